The molecule has 1 amide bonds. The van der Waals surface area contributed by atoms with Crippen molar-refractivity contribution in [2.75, 3.05) is 13.1 Å². The lowest BCUT2D eigenvalue weighted by molar-refractivity contribution is 0.0744. The van der Waals surface area contributed by atoms with Crippen molar-refractivity contribution in [3.05, 3.63) is 24.0 Å². The van der Waals surface area contributed by atoms with Crippen LogP contribution in [0.3, 0.4) is 0 Å². The zero-order valence-corrected chi connectivity index (χ0v) is 9.22. The fourth-order valence-corrected chi connectivity index (χ4v) is 2.00. The molecule has 4 nitrogen and oxygen atoms in total. The summed E-state index contributed by atoms with van der Waals surface area (Å²) in [5.41, 5.74) is 0.249. The molecule has 1 N–H and O–H groups in total. The first-order chi connectivity index (χ1) is 8.08. The zero-order chi connectivity index (χ0) is 12.4. The van der Waals surface area contributed by atoms with E-state index in [-0.39, 0.29) is 18.1 Å². The molecule has 0 saturated carbocycles. The zero-order valence-electron chi connectivity index (χ0n) is 9.22. The molecule has 1 fully saturated rings. The van der Waals surface area contributed by atoms with Crippen molar-refractivity contribution in [3.63, 3.8) is 0 Å². The Kier molecular flexibility index (Phi) is 3.42. The molecule has 6 heteroatoms. The van der Waals surface area contributed by atoms with E-state index in [1.165, 1.54) is 21.7 Å². The molecule has 1 aromatic heterocycles. The Balaban J connectivity index is 2.11. The second-order valence-electron chi connectivity index (χ2n) is 4.13. The van der Waals surface area contributed by atoms with E-state index in [1.54, 1.807) is 6.07 Å². The van der Waals surface area contributed by atoms with Crippen LogP contribution in [0.5, 0.6) is 0 Å². The third kappa shape index (κ3) is 2.63. The molecule has 0 unspecified atom stereocenters. The Morgan fingerprint density at radius 3 is 2.94 bits per heavy atom. The van der Waals surface area contributed by atoms with Gasteiger partial charge in [0.25, 0.3) is 12.3 Å². The van der Waals surface area contributed by atoms with Crippen LogP contribution in [0.15, 0.2) is 18.3 Å². The van der Waals surface area contributed by atoms with Crippen LogP contribution in [0.2, 0.25) is 0 Å². The monoisotopic (exact) mass is 244 g/mol. The highest BCUT2D eigenvalue weighted by molar-refractivity contribution is 5.93. The highest BCUT2D eigenvalue weighted by Crippen LogP contribution is 2.15. The standard InChI is InChI=1S/C11H14F2N2O2/c12-10(13)7-14-4-1-2-9(14)11(17)15-5-3-8(16)6-15/h1-2,4,8,10,16H,3,5-7H2/t8-/m0/s1. The summed E-state index contributed by atoms with van der Waals surface area (Å²) in [4.78, 5) is 13.5. The molecule has 17 heavy (non-hydrogen) atoms. The molecule has 0 spiro atoms. The molecule has 0 bridgehead atoms. The summed E-state index contributed by atoms with van der Waals surface area (Å²) in [6.45, 7) is 0.267. The first kappa shape index (κ1) is 12.0. The minimum Gasteiger partial charge on any atom is -0.391 e. The van der Waals surface area contributed by atoms with Gasteiger partial charge in [-0.1, -0.05) is 0 Å². The van der Waals surface area contributed by atoms with E-state index in [0.29, 0.717) is 13.0 Å². The number of nitrogens with zero attached hydrogens (tertiary/aromatic N) is 2. The molecule has 1 aromatic rings. The average molecular weight is 244 g/mol. The van der Waals surface area contributed by atoms with E-state index in [4.69, 9.17) is 0 Å². The Hall–Kier alpha value is -1.43. The highest BCUT2D eigenvalue weighted by Gasteiger charge is 2.27. The lowest BCUT2D eigenvalue weighted by Gasteiger charge is -2.17. The van der Waals surface area contributed by atoms with Gasteiger partial charge in [0, 0.05) is 19.3 Å². The Bertz CT molecular complexity index is 406. The van der Waals surface area contributed by atoms with Crippen LogP contribution in [-0.4, -0.2) is 46.1 Å². The Morgan fingerprint density at radius 1 is 1.59 bits per heavy atom. The van der Waals surface area contributed by atoms with Gasteiger partial charge in [-0.2, -0.15) is 0 Å². The van der Waals surface area contributed by atoms with Crippen LogP contribution in [0, 0.1) is 0 Å². The van der Waals surface area contributed by atoms with E-state index in [0.717, 1.165) is 0 Å². The minimum atomic E-state index is -2.49. The van der Waals surface area contributed by atoms with Crippen molar-refractivity contribution in [2.45, 2.75) is 25.5 Å². The lowest BCUT2D eigenvalue weighted by atomic mass is 10.3. The number of aromatic nitrogens is 1. The van der Waals surface area contributed by atoms with Crippen molar-refractivity contribution in [2.24, 2.45) is 0 Å². The molecule has 1 aliphatic heterocycles. The largest absolute Gasteiger partial charge is 0.391 e. The molecular formula is C11H14F2N2O2. The van der Waals surface area contributed by atoms with Crippen LogP contribution < -0.4 is 0 Å². The van der Waals surface area contributed by atoms with Crippen LogP contribution >= 0.6 is 0 Å². The molecule has 2 rings (SSSR count). The summed E-state index contributed by atoms with van der Waals surface area (Å²) in [7, 11) is 0. The lowest BCUT2D eigenvalue weighted by Crippen LogP contribution is -2.31. The molecule has 0 radical (unpaired) electrons. The molecule has 94 valence electrons. The summed E-state index contributed by atoms with van der Waals surface area (Å²) in [6, 6.07) is 3.09. The second kappa shape index (κ2) is 4.83. The number of amides is 1. The summed E-state index contributed by atoms with van der Waals surface area (Å²) in [5.74, 6) is -0.299. The smallest absolute Gasteiger partial charge is 0.270 e. The Labute approximate surface area is 97.4 Å². The molecule has 1 aliphatic rings. The van der Waals surface area contributed by atoms with E-state index in [9.17, 15) is 18.7 Å². The number of aliphatic hydroxyl groups is 1. The molecule has 1 atom stereocenters. The number of β-amino-alcohol motifs (C(OH)–C–C–N with tert-alkyl or cyclic N) is 1. The normalized spacial score (nSPS) is 20.2. The van der Waals surface area contributed by atoms with Gasteiger partial charge in [0.05, 0.1) is 12.6 Å². The topological polar surface area (TPSA) is 45.5 Å². The van der Waals surface area contributed by atoms with Gasteiger partial charge in [-0.05, 0) is 18.6 Å². The number of rotatable bonds is 3. The molecular weight excluding hydrogens is 230 g/mol. The summed E-state index contributed by atoms with van der Waals surface area (Å²) < 4.78 is 25.8. The van der Waals surface area contributed by atoms with Gasteiger partial charge in [-0.15, -0.1) is 0 Å². The third-order valence-electron chi connectivity index (χ3n) is 2.83. The van der Waals surface area contributed by atoms with Crippen LogP contribution in [0.1, 0.15) is 16.9 Å². The van der Waals surface area contributed by atoms with E-state index < -0.39 is 19.1 Å². The van der Waals surface area contributed by atoms with Gasteiger partial charge in [0.1, 0.15) is 5.69 Å². The van der Waals surface area contributed by atoms with Crippen LogP contribution in [-0.2, 0) is 6.54 Å². The third-order valence-corrected chi connectivity index (χ3v) is 2.83. The predicted molar refractivity (Wildman–Crippen MR) is 57.0 cm³/mol. The van der Waals surface area contributed by atoms with Crippen LogP contribution in [0.4, 0.5) is 8.78 Å². The highest BCUT2D eigenvalue weighted by atomic mass is 19.3. The number of carbonyl (C=O) groups is 1. The number of likely N-dealkylation sites (tertiary alicyclic amines) is 1. The minimum absolute atomic E-state index is 0.249. The number of halogens is 2. The first-order valence-electron chi connectivity index (χ1n) is 5.48. The van der Waals surface area contributed by atoms with Gasteiger partial charge >= 0.3 is 0 Å². The number of alkyl halides is 2. The first-order valence-corrected chi connectivity index (χ1v) is 5.48. The predicted octanol–water partition coefficient (Wildman–Crippen LogP) is 0.960. The van der Waals surface area contributed by atoms with Gasteiger partial charge in [0.2, 0.25) is 0 Å². The number of aliphatic hydroxyl groups excluding tert-OH is 1. The summed E-state index contributed by atoms with van der Waals surface area (Å²) >= 11 is 0. The number of hydrogen-bond donors (Lipinski definition) is 1. The maximum Gasteiger partial charge on any atom is 0.270 e. The molecule has 0 aromatic carbocycles. The number of hydrogen-bond acceptors (Lipinski definition) is 2. The van der Waals surface area contributed by atoms with Gasteiger partial charge in [-0.25, -0.2) is 8.78 Å². The van der Waals surface area contributed by atoms with Crippen molar-refractivity contribution in [1.29, 1.82) is 0 Å². The van der Waals surface area contributed by atoms with Gasteiger partial charge in [-0.3, -0.25) is 4.79 Å². The molecule has 0 aliphatic carbocycles. The fourth-order valence-electron chi connectivity index (χ4n) is 2.00. The molecule has 1 saturated heterocycles. The van der Waals surface area contributed by atoms with Crippen molar-refractivity contribution in [1.82, 2.24) is 9.47 Å². The second-order valence-corrected chi connectivity index (χ2v) is 4.13. The van der Waals surface area contributed by atoms with Crippen LogP contribution in [0.25, 0.3) is 0 Å². The van der Waals surface area contributed by atoms with Gasteiger partial charge < -0.3 is 14.6 Å². The molecule has 2 heterocycles. The summed E-state index contributed by atoms with van der Waals surface area (Å²) in [6.07, 6.45) is -0.983. The van der Waals surface area contributed by atoms with E-state index >= 15 is 0 Å². The summed E-state index contributed by atoms with van der Waals surface area (Å²) in [5, 5.41) is 9.34. The number of carbonyl (C=O) groups excluding carboxylic acids is 1. The SMILES string of the molecule is O=C(c1cccn1CC(F)F)N1CC[C@H](O)C1. The van der Waals surface area contributed by atoms with Crippen molar-refractivity contribution >= 4 is 5.91 Å². The van der Waals surface area contributed by atoms with E-state index in [1.807, 2.05) is 0 Å². The quantitative estimate of drug-likeness (QED) is 0.860. The maximum absolute atomic E-state index is 12.3. The maximum atomic E-state index is 12.3. The van der Waals surface area contributed by atoms with Gasteiger partial charge in [0.15, 0.2) is 0 Å². The van der Waals surface area contributed by atoms with Crippen molar-refractivity contribution < 1.29 is 18.7 Å². The van der Waals surface area contributed by atoms with Crippen molar-refractivity contribution in [3.8, 4) is 0 Å². The average Bonchev–Trinajstić information content (AvgIpc) is 2.85. The van der Waals surface area contributed by atoms with E-state index in [2.05, 4.69) is 0 Å². The fraction of sp³-hybridized carbons (Fsp3) is 0.545. The Morgan fingerprint density at radius 2 is 2.35 bits per heavy atom.